The van der Waals surface area contributed by atoms with Crippen LogP contribution in [0.25, 0.3) is 0 Å². The molecule has 0 spiro atoms. The lowest BCUT2D eigenvalue weighted by atomic mass is 10.0. The standard InChI is InChI=1S/C19H20F3N3O2.2ClH/c1-25(15-8-10-23-11-9-15)18(26)13-2-5-16(6-3-13)27-17-7-4-14(12-24-17)19(20,21)22;;/h2-7,12,15,23H,8-11H2,1H3;2*1H. The van der Waals surface area contributed by atoms with Crippen molar-refractivity contribution in [3.63, 3.8) is 0 Å². The molecule has 0 unspecified atom stereocenters. The molecule has 3 rings (SSSR count). The monoisotopic (exact) mass is 451 g/mol. The number of pyridine rings is 1. The second kappa shape index (κ2) is 10.7. The molecule has 2 aromatic rings. The lowest BCUT2D eigenvalue weighted by Crippen LogP contribution is -2.43. The maximum Gasteiger partial charge on any atom is 0.417 e. The van der Waals surface area contributed by atoms with E-state index in [4.69, 9.17) is 4.74 Å². The summed E-state index contributed by atoms with van der Waals surface area (Å²) in [6.45, 7) is 1.80. The van der Waals surface area contributed by atoms with Gasteiger partial charge in [0, 0.05) is 30.9 Å². The summed E-state index contributed by atoms with van der Waals surface area (Å²) >= 11 is 0. The van der Waals surface area contributed by atoms with E-state index in [9.17, 15) is 18.0 Å². The van der Waals surface area contributed by atoms with Crippen molar-refractivity contribution in [1.29, 1.82) is 0 Å². The smallest absolute Gasteiger partial charge is 0.417 e. The first-order chi connectivity index (χ1) is 12.8. The van der Waals surface area contributed by atoms with Crippen molar-refractivity contribution >= 4 is 30.7 Å². The molecule has 10 heteroatoms. The van der Waals surface area contributed by atoms with Gasteiger partial charge in [0.1, 0.15) is 5.75 Å². The minimum absolute atomic E-state index is 0. The summed E-state index contributed by atoms with van der Waals surface area (Å²) in [5.74, 6) is 0.373. The molecule has 5 nitrogen and oxygen atoms in total. The third-order valence-electron chi connectivity index (χ3n) is 4.56. The van der Waals surface area contributed by atoms with Crippen molar-refractivity contribution in [2.45, 2.75) is 25.1 Å². The number of nitrogens with zero attached hydrogens (tertiary/aromatic N) is 2. The predicted octanol–water partition coefficient (Wildman–Crippen LogP) is 4.56. The Morgan fingerprint density at radius 3 is 2.24 bits per heavy atom. The Bertz CT molecular complexity index is 781. The van der Waals surface area contributed by atoms with Crippen LogP contribution in [0, 0.1) is 0 Å². The Kier molecular flexibility index (Phi) is 9.19. The van der Waals surface area contributed by atoms with Gasteiger partial charge >= 0.3 is 6.18 Å². The van der Waals surface area contributed by atoms with Crippen molar-refractivity contribution in [3.8, 4) is 11.6 Å². The lowest BCUT2D eigenvalue weighted by Gasteiger charge is -2.31. The molecule has 1 aliphatic rings. The average Bonchev–Trinajstić information content (AvgIpc) is 2.68. The Hall–Kier alpha value is -2.03. The summed E-state index contributed by atoms with van der Waals surface area (Å²) in [7, 11) is 1.80. The maximum absolute atomic E-state index is 12.6. The number of hydrogen-bond acceptors (Lipinski definition) is 4. The maximum atomic E-state index is 12.6. The fourth-order valence-corrected chi connectivity index (χ4v) is 2.96. The topological polar surface area (TPSA) is 54.5 Å². The van der Waals surface area contributed by atoms with Gasteiger partial charge in [-0.05, 0) is 56.3 Å². The molecule has 29 heavy (non-hydrogen) atoms. The third kappa shape index (κ3) is 6.48. The summed E-state index contributed by atoms with van der Waals surface area (Å²) in [6.07, 6.45) is -1.87. The van der Waals surface area contributed by atoms with Crippen LogP contribution in [0.2, 0.25) is 0 Å². The van der Waals surface area contributed by atoms with Crippen LogP contribution in [0.3, 0.4) is 0 Å². The fourth-order valence-electron chi connectivity index (χ4n) is 2.96. The normalized spacial score (nSPS) is 14.3. The molecule has 160 valence electrons. The minimum Gasteiger partial charge on any atom is -0.439 e. The number of nitrogens with one attached hydrogen (secondary N) is 1. The number of hydrogen-bond donors (Lipinski definition) is 1. The number of ether oxygens (including phenoxy) is 1. The number of alkyl halides is 3. The lowest BCUT2D eigenvalue weighted by molar-refractivity contribution is -0.137. The summed E-state index contributed by atoms with van der Waals surface area (Å²) in [6, 6.07) is 8.76. The van der Waals surface area contributed by atoms with Crippen molar-refractivity contribution in [2.24, 2.45) is 0 Å². The molecule has 0 aliphatic carbocycles. The summed E-state index contributed by atoms with van der Waals surface area (Å²) in [4.78, 5) is 18.0. The highest BCUT2D eigenvalue weighted by atomic mass is 35.5. The van der Waals surface area contributed by atoms with E-state index in [0.717, 1.165) is 44.3 Å². The van der Waals surface area contributed by atoms with E-state index in [1.807, 2.05) is 0 Å². The molecule has 1 saturated heterocycles. The summed E-state index contributed by atoms with van der Waals surface area (Å²) in [5, 5.41) is 3.27. The van der Waals surface area contributed by atoms with Crippen LogP contribution in [0.1, 0.15) is 28.8 Å². The molecule has 1 aromatic heterocycles. The van der Waals surface area contributed by atoms with Gasteiger partial charge in [0.15, 0.2) is 0 Å². The molecule has 0 atom stereocenters. The molecular formula is C19H22Cl2F3N3O2. The quantitative estimate of drug-likeness (QED) is 0.739. The molecule has 2 heterocycles. The van der Waals surface area contributed by atoms with Crippen molar-refractivity contribution in [2.75, 3.05) is 20.1 Å². The zero-order valence-corrected chi connectivity index (χ0v) is 17.2. The van der Waals surface area contributed by atoms with E-state index in [2.05, 4.69) is 10.3 Å². The van der Waals surface area contributed by atoms with Crippen molar-refractivity contribution in [3.05, 3.63) is 53.7 Å². The van der Waals surface area contributed by atoms with Crippen LogP contribution in [0.4, 0.5) is 13.2 Å². The van der Waals surface area contributed by atoms with Gasteiger partial charge in [0.05, 0.1) is 5.56 Å². The van der Waals surface area contributed by atoms with Gasteiger partial charge in [0.25, 0.3) is 5.91 Å². The minimum atomic E-state index is -4.44. The highest BCUT2D eigenvalue weighted by molar-refractivity contribution is 5.94. The average molecular weight is 452 g/mol. The second-order valence-corrected chi connectivity index (χ2v) is 6.41. The zero-order valence-electron chi connectivity index (χ0n) is 15.6. The van der Waals surface area contributed by atoms with Crippen LogP contribution in [0.5, 0.6) is 11.6 Å². The number of amides is 1. The van der Waals surface area contributed by atoms with Gasteiger partial charge in [-0.1, -0.05) is 0 Å². The van der Waals surface area contributed by atoms with Gasteiger partial charge in [0.2, 0.25) is 5.88 Å². The van der Waals surface area contributed by atoms with Gasteiger partial charge in [-0.25, -0.2) is 4.98 Å². The van der Waals surface area contributed by atoms with E-state index in [1.54, 1.807) is 36.2 Å². The summed E-state index contributed by atoms with van der Waals surface area (Å²) < 4.78 is 43.1. The van der Waals surface area contributed by atoms with Crippen LogP contribution in [-0.2, 0) is 6.18 Å². The SMILES string of the molecule is CN(C(=O)c1ccc(Oc2ccc(C(F)(F)F)cn2)cc1)C1CCNCC1.Cl.Cl. The highest BCUT2D eigenvalue weighted by Crippen LogP contribution is 2.30. The first kappa shape index (κ1) is 25.0. The molecule has 1 aliphatic heterocycles. The Labute approximate surface area is 179 Å². The third-order valence-corrected chi connectivity index (χ3v) is 4.56. The molecule has 1 fully saturated rings. The van der Waals surface area contributed by atoms with Crippen molar-refractivity contribution in [1.82, 2.24) is 15.2 Å². The number of piperidine rings is 1. The molecule has 1 aromatic carbocycles. The first-order valence-corrected chi connectivity index (χ1v) is 8.63. The first-order valence-electron chi connectivity index (χ1n) is 8.63. The zero-order chi connectivity index (χ0) is 19.4. The largest absolute Gasteiger partial charge is 0.439 e. The molecule has 1 amide bonds. The fraction of sp³-hybridized carbons (Fsp3) is 0.368. The van der Waals surface area contributed by atoms with Crippen LogP contribution < -0.4 is 10.1 Å². The number of halogens is 5. The highest BCUT2D eigenvalue weighted by Gasteiger charge is 2.30. The second-order valence-electron chi connectivity index (χ2n) is 6.41. The molecule has 1 N–H and O–H groups in total. The molecule has 0 bridgehead atoms. The van der Waals surface area contributed by atoms with Crippen molar-refractivity contribution < 1.29 is 22.7 Å². The Morgan fingerprint density at radius 2 is 1.72 bits per heavy atom. The number of carbonyl (C=O) groups is 1. The van der Waals surface area contributed by atoms with Gasteiger partial charge in [-0.3, -0.25) is 4.79 Å². The predicted molar refractivity (Wildman–Crippen MR) is 108 cm³/mol. The van der Waals surface area contributed by atoms with E-state index in [1.165, 1.54) is 0 Å². The molecule has 0 radical (unpaired) electrons. The van der Waals surface area contributed by atoms with Gasteiger partial charge in [-0.15, -0.1) is 24.8 Å². The van der Waals surface area contributed by atoms with E-state index < -0.39 is 11.7 Å². The van der Waals surface area contributed by atoms with Gasteiger partial charge < -0.3 is 15.0 Å². The number of carbonyl (C=O) groups excluding carboxylic acids is 1. The van der Waals surface area contributed by atoms with E-state index in [0.29, 0.717) is 11.3 Å². The van der Waals surface area contributed by atoms with E-state index in [-0.39, 0.29) is 42.6 Å². The Balaban J connectivity index is 0.00000210. The molecule has 0 saturated carbocycles. The van der Waals surface area contributed by atoms with Gasteiger partial charge in [-0.2, -0.15) is 13.2 Å². The molecular weight excluding hydrogens is 430 g/mol. The van der Waals surface area contributed by atoms with Crippen LogP contribution in [-0.4, -0.2) is 42.0 Å². The number of aromatic nitrogens is 1. The van der Waals surface area contributed by atoms with Crippen LogP contribution in [0.15, 0.2) is 42.6 Å². The number of benzene rings is 1. The Morgan fingerprint density at radius 1 is 1.10 bits per heavy atom. The number of rotatable bonds is 4. The van der Waals surface area contributed by atoms with Crippen LogP contribution >= 0.6 is 24.8 Å². The van der Waals surface area contributed by atoms with E-state index >= 15 is 0 Å². The summed E-state index contributed by atoms with van der Waals surface area (Å²) in [5.41, 5.74) is -0.305.